The highest BCUT2D eigenvalue weighted by atomic mass is 16.5. The summed E-state index contributed by atoms with van der Waals surface area (Å²) in [6.07, 6.45) is 4.03. The third-order valence-corrected chi connectivity index (χ3v) is 4.20. The van der Waals surface area contributed by atoms with Gasteiger partial charge >= 0.3 is 5.97 Å². The molecule has 4 heteroatoms. The SMILES string of the molecule is C=C[C@@H](CCc1ccccc1)OC(=O)CCCOCc1ccc(OC)cc1. The van der Waals surface area contributed by atoms with Crippen molar-refractivity contribution < 1.29 is 19.0 Å². The van der Waals surface area contributed by atoms with E-state index in [4.69, 9.17) is 14.2 Å². The van der Waals surface area contributed by atoms with Crippen molar-refractivity contribution in [2.45, 2.75) is 38.4 Å². The molecule has 2 rings (SSSR count). The average molecular weight is 368 g/mol. The van der Waals surface area contributed by atoms with Gasteiger partial charge in [-0.25, -0.2) is 0 Å². The number of rotatable bonds is 12. The number of carbonyl (C=O) groups excluding carboxylic acids is 1. The third kappa shape index (κ3) is 8.09. The summed E-state index contributed by atoms with van der Waals surface area (Å²) in [4.78, 5) is 12.0. The number of ether oxygens (including phenoxy) is 3. The number of carbonyl (C=O) groups is 1. The predicted molar refractivity (Wildman–Crippen MR) is 107 cm³/mol. The quantitative estimate of drug-likeness (QED) is 0.309. The molecule has 0 aliphatic heterocycles. The largest absolute Gasteiger partial charge is 0.497 e. The lowest BCUT2D eigenvalue weighted by Gasteiger charge is -2.14. The zero-order valence-electron chi connectivity index (χ0n) is 15.9. The molecule has 0 amide bonds. The lowest BCUT2D eigenvalue weighted by atomic mass is 10.1. The van der Waals surface area contributed by atoms with Crippen molar-refractivity contribution in [1.29, 1.82) is 0 Å². The van der Waals surface area contributed by atoms with Crippen LogP contribution in [0.3, 0.4) is 0 Å². The van der Waals surface area contributed by atoms with Crippen LogP contribution < -0.4 is 4.74 Å². The molecule has 0 radical (unpaired) electrons. The van der Waals surface area contributed by atoms with E-state index in [1.54, 1.807) is 13.2 Å². The normalized spacial score (nSPS) is 11.6. The minimum Gasteiger partial charge on any atom is -0.497 e. The van der Waals surface area contributed by atoms with Crippen LogP contribution in [-0.2, 0) is 27.3 Å². The summed E-state index contributed by atoms with van der Waals surface area (Å²) in [6.45, 7) is 4.81. The Morgan fingerprint density at radius 1 is 1.07 bits per heavy atom. The molecule has 2 aromatic carbocycles. The van der Waals surface area contributed by atoms with Crippen LogP contribution in [0.15, 0.2) is 67.3 Å². The van der Waals surface area contributed by atoms with Gasteiger partial charge in [0.2, 0.25) is 0 Å². The van der Waals surface area contributed by atoms with Gasteiger partial charge in [0.05, 0.1) is 13.7 Å². The fraction of sp³-hybridized carbons (Fsp3) is 0.348. The zero-order chi connectivity index (χ0) is 19.3. The molecule has 0 aliphatic carbocycles. The smallest absolute Gasteiger partial charge is 0.306 e. The van der Waals surface area contributed by atoms with Gasteiger partial charge in [-0.05, 0) is 42.5 Å². The zero-order valence-corrected chi connectivity index (χ0v) is 15.9. The van der Waals surface area contributed by atoms with E-state index >= 15 is 0 Å². The van der Waals surface area contributed by atoms with Crippen LogP contribution >= 0.6 is 0 Å². The van der Waals surface area contributed by atoms with E-state index in [2.05, 4.69) is 18.7 Å². The van der Waals surface area contributed by atoms with Gasteiger partial charge in [-0.15, -0.1) is 0 Å². The van der Waals surface area contributed by atoms with Crippen molar-refractivity contribution in [1.82, 2.24) is 0 Å². The average Bonchev–Trinajstić information content (AvgIpc) is 2.72. The fourth-order valence-electron chi connectivity index (χ4n) is 2.64. The second kappa shape index (κ2) is 11.9. The molecule has 0 saturated heterocycles. The van der Waals surface area contributed by atoms with E-state index in [9.17, 15) is 4.79 Å². The molecular weight excluding hydrogens is 340 g/mol. The predicted octanol–water partition coefficient (Wildman–Crippen LogP) is 4.72. The van der Waals surface area contributed by atoms with Gasteiger partial charge in [0, 0.05) is 13.0 Å². The van der Waals surface area contributed by atoms with E-state index < -0.39 is 0 Å². The van der Waals surface area contributed by atoms with Crippen molar-refractivity contribution in [3.05, 3.63) is 78.4 Å². The Balaban J connectivity index is 1.59. The van der Waals surface area contributed by atoms with Gasteiger partial charge in [0.1, 0.15) is 11.9 Å². The molecule has 0 aliphatic rings. The van der Waals surface area contributed by atoms with Crippen molar-refractivity contribution in [2.24, 2.45) is 0 Å². The van der Waals surface area contributed by atoms with Crippen LogP contribution in [0.25, 0.3) is 0 Å². The fourth-order valence-corrected chi connectivity index (χ4v) is 2.64. The van der Waals surface area contributed by atoms with Gasteiger partial charge < -0.3 is 14.2 Å². The third-order valence-electron chi connectivity index (χ3n) is 4.20. The number of esters is 1. The molecule has 0 fully saturated rings. The first-order valence-electron chi connectivity index (χ1n) is 9.28. The standard InChI is InChI=1S/C23H28O4/c1-3-21(14-11-19-8-5-4-6-9-19)27-23(24)10-7-17-26-18-20-12-15-22(25-2)16-13-20/h3-6,8-9,12-13,15-16,21H,1,7,10-11,14,17-18H2,2H3/t21-/m0/s1. The van der Waals surface area contributed by atoms with Crippen molar-refractivity contribution >= 4 is 5.97 Å². The number of benzene rings is 2. The molecule has 0 heterocycles. The van der Waals surface area contributed by atoms with Crippen molar-refractivity contribution in [3.63, 3.8) is 0 Å². The minimum atomic E-state index is -0.252. The molecule has 0 spiro atoms. The van der Waals surface area contributed by atoms with E-state index in [-0.39, 0.29) is 12.1 Å². The highest BCUT2D eigenvalue weighted by Gasteiger charge is 2.11. The van der Waals surface area contributed by atoms with Gasteiger partial charge in [0.25, 0.3) is 0 Å². The summed E-state index contributed by atoms with van der Waals surface area (Å²) in [6, 6.07) is 17.9. The summed E-state index contributed by atoms with van der Waals surface area (Å²) in [5.74, 6) is 0.617. The molecule has 27 heavy (non-hydrogen) atoms. The Kier molecular flexibility index (Phi) is 9.14. The van der Waals surface area contributed by atoms with Crippen LogP contribution in [0.2, 0.25) is 0 Å². The van der Waals surface area contributed by atoms with Crippen LogP contribution in [0.4, 0.5) is 0 Å². The summed E-state index contributed by atoms with van der Waals surface area (Å²) in [7, 11) is 1.64. The molecule has 0 N–H and O–H groups in total. The summed E-state index contributed by atoms with van der Waals surface area (Å²) in [5, 5.41) is 0. The first kappa shape index (κ1) is 20.7. The Hall–Kier alpha value is -2.59. The lowest BCUT2D eigenvalue weighted by Crippen LogP contribution is -2.17. The second-order valence-corrected chi connectivity index (χ2v) is 6.29. The number of methoxy groups -OCH3 is 1. The minimum absolute atomic E-state index is 0.207. The topological polar surface area (TPSA) is 44.8 Å². The number of aryl methyl sites for hydroxylation is 1. The van der Waals surface area contributed by atoms with E-state index in [0.29, 0.717) is 26.1 Å². The van der Waals surface area contributed by atoms with Crippen molar-refractivity contribution in [2.75, 3.05) is 13.7 Å². The highest BCUT2D eigenvalue weighted by Crippen LogP contribution is 2.12. The summed E-state index contributed by atoms with van der Waals surface area (Å²) < 4.78 is 16.2. The van der Waals surface area contributed by atoms with Crippen LogP contribution in [0.5, 0.6) is 5.75 Å². The monoisotopic (exact) mass is 368 g/mol. The maximum Gasteiger partial charge on any atom is 0.306 e. The van der Waals surface area contributed by atoms with Crippen molar-refractivity contribution in [3.8, 4) is 5.75 Å². The van der Waals surface area contributed by atoms with Crippen LogP contribution in [0, 0.1) is 0 Å². The Labute approximate surface area is 161 Å². The molecule has 4 nitrogen and oxygen atoms in total. The van der Waals surface area contributed by atoms with Gasteiger partial charge in [0.15, 0.2) is 0 Å². The molecule has 0 unspecified atom stereocenters. The second-order valence-electron chi connectivity index (χ2n) is 6.29. The Morgan fingerprint density at radius 3 is 2.48 bits per heavy atom. The molecular formula is C23H28O4. The van der Waals surface area contributed by atoms with E-state index in [1.807, 2.05) is 42.5 Å². The lowest BCUT2D eigenvalue weighted by molar-refractivity contribution is -0.147. The maximum atomic E-state index is 12.0. The molecule has 0 aromatic heterocycles. The summed E-state index contributed by atoms with van der Waals surface area (Å²) >= 11 is 0. The Bertz CT molecular complexity index is 679. The van der Waals surface area contributed by atoms with E-state index in [1.165, 1.54) is 5.56 Å². The van der Waals surface area contributed by atoms with E-state index in [0.717, 1.165) is 24.2 Å². The van der Waals surface area contributed by atoms with Crippen LogP contribution in [-0.4, -0.2) is 25.8 Å². The molecule has 0 bridgehead atoms. The Morgan fingerprint density at radius 2 is 1.81 bits per heavy atom. The number of hydrogen-bond acceptors (Lipinski definition) is 4. The maximum absolute atomic E-state index is 12.0. The first-order valence-corrected chi connectivity index (χ1v) is 9.28. The van der Waals surface area contributed by atoms with Gasteiger partial charge in [-0.2, -0.15) is 0 Å². The van der Waals surface area contributed by atoms with Gasteiger partial charge in [-0.1, -0.05) is 55.1 Å². The molecule has 1 atom stereocenters. The molecule has 2 aromatic rings. The molecule has 144 valence electrons. The summed E-state index contributed by atoms with van der Waals surface area (Å²) in [5.41, 5.74) is 2.30. The number of hydrogen-bond donors (Lipinski definition) is 0. The molecule has 0 saturated carbocycles. The highest BCUT2D eigenvalue weighted by molar-refractivity contribution is 5.69. The first-order chi connectivity index (χ1) is 13.2. The van der Waals surface area contributed by atoms with Gasteiger partial charge in [-0.3, -0.25) is 4.79 Å². The van der Waals surface area contributed by atoms with Crippen LogP contribution in [0.1, 0.15) is 30.4 Å².